The minimum Gasteiger partial charge on any atom is -0.480 e. The zero-order chi connectivity index (χ0) is 15.1. The summed E-state index contributed by atoms with van der Waals surface area (Å²) in [6.45, 7) is 1.80. The van der Waals surface area contributed by atoms with Crippen molar-refractivity contribution in [3.63, 3.8) is 0 Å². The lowest BCUT2D eigenvalue weighted by atomic mass is 10.1. The van der Waals surface area contributed by atoms with E-state index in [1.807, 2.05) is 17.5 Å². The Morgan fingerprint density at radius 3 is 2.60 bits per heavy atom. The summed E-state index contributed by atoms with van der Waals surface area (Å²) >= 11 is 1.49. The van der Waals surface area contributed by atoms with Crippen molar-refractivity contribution in [1.29, 1.82) is 0 Å². The van der Waals surface area contributed by atoms with Gasteiger partial charge in [-0.3, -0.25) is 4.79 Å². The Morgan fingerprint density at radius 1 is 1.40 bits per heavy atom. The molecule has 1 heterocycles. The number of primary amides is 1. The molecule has 7 nitrogen and oxygen atoms in total. The number of rotatable bonds is 7. The van der Waals surface area contributed by atoms with E-state index in [0.717, 1.165) is 4.88 Å². The van der Waals surface area contributed by atoms with Crippen LogP contribution in [-0.4, -0.2) is 29.1 Å². The summed E-state index contributed by atoms with van der Waals surface area (Å²) in [6.07, 6.45) is -0.136. The van der Waals surface area contributed by atoms with Crippen LogP contribution in [0.25, 0.3) is 0 Å². The molecule has 2 atom stereocenters. The van der Waals surface area contributed by atoms with Crippen LogP contribution in [0, 0.1) is 0 Å². The van der Waals surface area contributed by atoms with Crippen molar-refractivity contribution in [3.05, 3.63) is 22.4 Å². The number of carbonyl (C=O) groups is 3. The minimum atomic E-state index is -1.20. The second-order valence-electron chi connectivity index (χ2n) is 4.25. The highest BCUT2D eigenvalue weighted by atomic mass is 32.1. The van der Waals surface area contributed by atoms with Crippen molar-refractivity contribution in [2.24, 2.45) is 5.73 Å². The Labute approximate surface area is 120 Å². The molecule has 20 heavy (non-hydrogen) atoms. The molecule has 0 bridgehead atoms. The van der Waals surface area contributed by atoms with Gasteiger partial charge in [-0.2, -0.15) is 0 Å². The third kappa shape index (κ3) is 5.27. The molecule has 1 aromatic rings. The van der Waals surface area contributed by atoms with Crippen molar-refractivity contribution in [3.8, 4) is 0 Å². The first-order chi connectivity index (χ1) is 9.40. The molecular formula is C12H17N3O4S. The van der Waals surface area contributed by atoms with Crippen molar-refractivity contribution in [1.82, 2.24) is 10.6 Å². The minimum absolute atomic E-state index is 0.0362. The largest absolute Gasteiger partial charge is 0.480 e. The van der Waals surface area contributed by atoms with Gasteiger partial charge in [0.1, 0.15) is 6.04 Å². The van der Waals surface area contributed by atoms with Crippen LogP contribution in [0.2, 0.25) is 0 Å². The van der Waals surface area contributed by atoms with E-state index in [0.29, 0.717) is 0 Å². The maximum absolute atomic E-state index is 11.7. The number of carbonyl (C=O) groups excluding carboxylic acids is 2. The summed E-state index contributed by atoms with van der Waals surface area (Å²) in [6, 6.07) is 1.78. The lowest BCUT2D eigenvalue weighted by molar-refractivity contribution is -0.139. The molecule has 0 radical (unpaired) electrons. The van der Waals surface area contributed by atoms with E-state index in [1.165, 1.54) is 11.3 Å². The highest BCUT2D eigenvalue weighted by Gasteiger charge is 2.21. The van der Waals surface area contributed by atoms with Gasteiger partial charge in [0, 0.05) is 11.3 Å². The zero-order valence-electron chi connectivity index (χ0n) is 11.0. The number of carboxylic acid groups (broad SMARTS) is 1. The molecule has 0 aliphatic carbocycles. The maximum atomic E-state index is 11.7. The molecule has 1 aromatic heterocycles. The molecule has 1 unspecified atom stereocenters. The lowest BCUT2D eigenvalue weighted by Gasteiger charge is -2.17. The predicted octanol–water partition coefficient (Wildman–Crippen LogP) is 0.827. The van der Waals surface area contributed by atoms with Crippen LogP contribution < -0.4 is 16.4 Å². The SMILES string of the molecule is CC(NC(=O)N[C@H](CCC(N)=O)C(=O)O)c1cccs1. The van der Waals surface area contributed by atoms with Gasteiger partial charge in [0.15, 0.2) is 0 Å². The van der Waals surface area contributed by atoms with Gasteiger partial charge in [-0.05, 0) is 24.8 Å². The molecule has 1 rings (SSSR count). The van der Waals surface area contributed by atoms with Crippen LogP contribution in [0.15, 0.2) is 17.5 Å². The highest BCUT2D eigenvalue weighted by Crippen LogP contribution is 2.17. The molecule has 0 aliphatic rings. The normalized spacial score (nSPS) is 13.2. The van der Waals surface area contributed by atoms with Gasteiger partial charge in [0.2, 0.25) is 5.91 Å². The van der Waals surface area contributed by atoms with E-state index in [9.17, 15) is 14.4 Å². The standard InChI is InChI=1S/C12H17N3O4S/c1-7(9-3-2-6-20-9)14-12(19)15-8(11(17)18)4-5-10(13)16/h2-3,6-8H,4-5H2,1H3,(H2,13,16)(H,17,18)(H2,14,15,19)/t7?,8-/m1/s1. The number of urea groups is 1. The molecule has 0 fully saturated rings. The molecular weight excluding hydrogens is 282 g/mol. The van der Waals surface area contributed by atoms with Crippen LogP contribution in [0.1, 0.15) is 30.7 Å². The summed E-state index contributed by atoms with van der Waals surface area (Å²) in [5.74, 6) is -1.81. The number of aliphatic carboxylic acids is 1. The van der Waals surface area contributed by atoms with Crippen molar-refractivity contribution >= 4 is 29.2 Å². The Balaban J connectivity index is 2.49. The molecule has 0 saturated carbocycles. The second kappa shape index (κ2) is 7.49. The van der Waals surface area contributed by atoms with E-state index >= 15 is 0 Å². The molecule has 0 aromatic carbocycles. The van der Waals surface area contributed by atoms with Gasteiger partial charge < -0.3 is 21.5 Å². The van der Waals surface area contributed by atoms with Crippen LogP contribution in [0.3, 0.4) is 0 Å². The molecule has 8 heteroatoms. The quantitative estimate of drug-likeness (QED) is 0.595. The van der Waals surface area contributed by atoms with Crippen LogP contribution >= 0.6 is 11.3 Å². The molecule has 0 spiro atoms. The average molecular weight is 299 g/mol. The van der Waals surface area contributed by atoms with Crippen molar-refractivity contribution in [2.45, 2.75) is 31.8 Å². The number of thiophene rings is 1. The van der Waals surface area contributed by atoms with Crippen molar-refractivity contribution in [2.75, 3.05) is 0 Å². The van der Waals surface area contributed by atoms with E-state index < -0.39 is 23.9 Å². The van der Waals surface area contributed by atoms with E-state index in [1.54, 1.807) is 6.92 Å². The van der Waals surface area contributed by atoms with Gasteiger partial charge >= 0.3 is 12.0 Å². The molecule has 5 N–H and O–H groups in total. The second-order valence-corrected chi connectivity index (χ2v) is 5.23. The van der Waals surface area contributed by atoms with Gasteiger partial charge in [-0.1, -0.05) is 6.07 Å². The molecule has 3 amide bonds. The van der Waals surface area contributed by atoms with Crippen LogP contribution in [0.4, 0.5) is 4.79 Å². The van der Waals surface area contributed by atoms with Gasteiger partial charge in [-0.15, -0.1) is 11.3 Å². The maximum Gasteiger partial charge on any atom is 0.326 e. The Hall–Kier alpha value is -2.09. The Morgan fingerprint density at radius 2 is 2.10 bits per heavy atom. The third-order valence-corrected chi connectivity index (χ3v) is 3.66. The predicted molar refractivity (Wildman–Crippen MR) is 74.3 cm³/mol. The van der Waals surface area contributed by atoms with Crippen LogP contribution in [0.5, 0.6) is 0 Å². The van der Waals surface area contributed by atoms with Gasteiger partial charge in [0.25, 0.3) is 0 Å². The summed E-state index contributed by atoms with van der Waals surface area (Å²) in [7, 11) is 0. The monoisotopic (exact) mass is 299 g/mol. The zero-order valence-corrected chi connectivity index (χ0v) is 11.8. The fourth-order valence-electron chi connectivity index (χ4n) is 1.55. The topological polar surface area (TPSA) is 122 Å². The fraction of sp³-hybridized carbons (Fsp3) is 0.417. The highest BCUT2D eigenvalue weighted by molar-refractivity contribution is 7.10. The number of carboxylic acids is 1. The van der Waals surface area contributed by atoms with Crippen molar-refractivity contribution < 1.29 is 19.5 Å². The lowest BCUT2D eigenvalue weighted by Crippen LogP contribution is -2.46. The Bertz CT molecular complexity index is 475. The average Bonchev–Trinajstić information content (AvgIpc) is 2.87. The smallest absolute Gasteiger partial charge is 0.326 e. The van der Waals surface area contributed by atoms with E-state index in [2.05, 4.69) is 10.6 Å². The number of amides is 3. The van der Waals surface area contributed by atoms with Crippen LogP contribution in [-0.2, 0) is 9.59 Å². The third-order valence-electron chi connectivity index (χ3n) is 2.60. The number of nitrogens with one attached hydrogen (secondary N) is 2. The first-order valence-electron chi connectivity index (χ1n) is 6.01. The van der Waals surface area contributed by atoms with E-state index in [-0.39, 0.29) is 18.9 Å². The summed E-state index contributed by atoms with van der Waals surface area (Å²) in [4.78, 5) is 34.3. The first kappa shape index (κ1) is 16.0. The Kier molecular flexibility index (Phi) is 5.98. The van der Waals surface area contributed by atoms with Gasteiger partial charge in [0.05, 0.1) is 6.04 Å². The number of hydrogen-bond acceptors (Lipinski definition) is 4. The fourth-order valence-corrected chi connectivity index (χ4v) is 2.28. The summed E-state index contributed by atoms with van der Waals surface area (Å²) in [5, 5.41) is 15.8. The van der Waals surface area contributed by atoms with E-state index in [4.69, 9.17) is 10.8 Å². The van der Waals surface area contributed by atoms with Gasteiger partial charge in [-0.25, -0.2) is 9.59 Å². The summed E-state index contributed by atoms with van der Waals surface area (Å²) in [5.41, 5.74) is 4.96. The molecule has 0 aliphatic heterocycles. The number of nitrogens with two attached hydrogens (primary N) is 1. The summed E-state index contributed by atoms with van der Waals surface area (Å²) < 4.78 is 0. The number of hydrogen-bond donors (Lipinski definition) is 4. The first-order valence-corrected chi connectivity index (χ1v) is 6.89. The molecule has 0 saturated heterocycles. The molecule has 110 valence electrons.